The van der Waals surface area contributed by atoms with Gasteiger partial charge in [-0.2, -0.15) is 0 Å². The van der Waals surface area contributed by atoms with Gasteiger partial charge in [-0.15, -0.1) is 0 Å². The third-order valence-corrected chi connectivity index (χ3v) is 3.26. The maximum Gasteiger partial charge on any atom is 0.125 e. The molecule has 3 rings (SSSR count). The summed E-state index contributed by atoms with van der Waals surface area (Å²) < 4.78 is 13.3. The van der Waals surface area contributed by atoms with Crippen LogP contribution in [0.5, 0.6) is 0 Å². The van der Waals surface area contributed by atoms with Crippen molar-refractivity contribution >= 4 is 28.2 Å². The highest BCUT2D eigenvalue weighted by Crippen LogP contribution is 2.22. The number of nitrogens with one attached hydrogen (secondary N) is 1. The molecule has 0 saturated carbocycles. The van der Waals surface area contributed by atoms with Crippen LogP contribution in [0.15, 0.2) is 54.7 Å². The molecule has 1 aromatic heterocycles. The Bertz CT molecular complexity index is 733. The Morgan fingerprint density at radius 3 is 2.80 bits per heavy atom. The van der Waals surface area contributed by atoms with Crippen LogP contribution < -0.4 is 5.32 Å². The molecule has 0 aliphatic heterocycles. The molecule has 0 spiro atoms. The molecule has 1 N–H and O–H groups in total. The first-order valence-corrected chi connectivity index (χ1v) is 6.63. The van der Waals surface area contributed by atoms with E-state index < -0.39 is 0 Å². The zero-order valence-corrected chi connectivity index (χ0v) is 11.4. The maximum absolute atomic E-state index is 13.3. The summed E-state index contributed by atoms with van der Waals surface area (Å²) in [6.07, 6.45) is 1.76. The van der Waals surface area contributed by atoms with Gasteiger partial charge in [0, 0.05) is 23.2 Å². The molecule has 1 heterocycles. The average molecular weight is 287 g/mol. The van der Waals surface area contributed by atoms with Crippen molar-refractivity contribution in [2.45, 2.75) is 6.54 Å². The van der Waals surface area contributed by atoms with E-state index in [9.17, 15) is 4.39 Å². The Morgan fingerprint density at radius 2 is 1.95 bits per heavy atom. The minimum Gasteiger partial charge on any atom is -0.379 e. The lowest BCUT2D eigenvalue weighted by atomic mass is 10.1. The number of nitrogens with zero attached hydrogens (tertiary/aromatic N) is 1. The van der Waals surface area contributed by atoms with E-state index >= 15 is 0 Å². The standard InChI is InChI=1S/C16H12ClFN2/c17-13-7-11(8-14(18)9-13)10-20-15-5-1-3-12-4-2-6-19-16(12)15/h1-9,20H,10H2. The lowest BCUT2D eigenvalue weighted by molar-refractivity contribution is 0.626. The molecular weight excluding hydrogens is 275 g/mol. The molecule has 0 saturated heterocycles. The normalized spacial score (nSPS) is 10.7. The van der Waals surface area contributed by atoms with E-state index in [1.165, 1.54) is 12.1 Å². The van der Waals surface area contributed by atoms with E-state index in [4.69, 9.17) is 11.6 Å². The number of hydrogen-bond acceptors (Lipinski definition) is 2. The summed E-state index contributed by atoms with van der Waals surface area (Å²) in [6.45, 7) is 0.493. The summed E-state index contributed by atoms with van der Waals surface area (Å²) in [5, 5.41) is 4.74. The van der Waals surface area contributed by atoms with E-state index in [1.807, 2.05) is 30.3 Å². The number of pyridine rings is 1. The number of para-hydroxylation sites is 1. The predicted molar refractivity (Wildman–Crippen MR) is 80.5 cm³/mol. The quantitative estimate of drug-likeness (QED) is 0.759. The first-order valence-electron chi connectivity index (χ1n) is 6.25. The molecular formula is C16H12ClFN2. The second-order valence-electron chi connectivity index (χ2n) is 4.51. The van der Waals surface area contributed by atoms with Crippen LogP contribution in [0.1, 0.15) is 5.56 Å². The fourth-order valence-electron chi connectivity index (χ4n) is 2.16. The highest BCUT2D eigenvalue weighted by molar-refractivity contribution is 6.30. The highest BCUT2D eigenvalue weighted by atomic mass is 35.5. The van der Waals surface area contributed by atoms with E-state index in [-0.39, 0.29) is 5.82 Å². The molecule has 4 heteroatoms. The Hall–Kier alpha value is -2.13. The topological polar surface area (TPSA) is 24.9 Å². The molecule has 20 heavy (non-hydrogen) atoms. The molecule has 0 unspecified atom stereocenters. The Morgan fingerprint density at radius 1 is 1.10 bits per heavy atom. The molecule has 0 aliphatic rings. The molecule has 2 aromatic carbocycles. The van der Waals surface area contributed by atoms with E-state index in [1.54, 1.807) is 12.3 Å². The predicted octanol–water partition coefficient (Wildman–Crippen LogP) is 4.64. The lowest BCUT2D eigenvalue weighted by Gasteiger charge is -2.09. The van der Waals surface area contributed by atoms with Gasteiger partial charge in [0.05, 0.1) is 11.2 Å². The minimum atomic E-state index is -0.328. The van der Waals surface area contributed by atoms with Crippen molar-refractivity contribution in [3.63, 3.8) is 0 Å². The van der Waals surface area contributed by atoms with E-state index in [0.717, 1.165) is 22.2 Å². The highest BCUT2D eigenvalue weighted by Gasteiger charge is 2.03. The smallest absolute Gasteiger partial charge is 0.125 e. The largest absolute Gasteiger partial charge is 0.379 e. The number of fused-ring (bicyclic) bond motifs is 1. The van der Waals surface area contributed by atoms with Gasteiger partial charge in [0.1, 0.15) is 5.82 Å². The van der Waals surface area contributed by atoms with Crippen molar-refractivity contribution < 1.29 is 4.39 Å². The van der Waals surface area contributed by atoms with Gasteiger partial charge < -0.3 is 5.32 Å². The summed E-state index contributed by atoms with van der Waals surface area (Å²) in [6, 6.07) is 14.3. The minimum absolute atomic E-state index is 0.328. The fourth-order valence-corrected chi connectivity index (χ4v) is 2.40. The monoisotopic (exact) mass is 286 g/mol. The molecule has 0 aliphatic carbocycles. The number of aromatic nitrogens is 1. The summed E-state index contributed by atoms with van der Waals surface area (Å²) in [7, 11) is 0. The average Bonchev–Trinajstić information content (AvgIpc) is 2.44. The second kappa shape index (κ2) is 5.47. The first-order chi connectivity index (χ1) is 9.72. The zero-order chi connectivity index (χ0) is 13.9. The molecule has 0 atom stereocenters. The van der Waals surface area contributed by atoms with Gasteiger partial charge in [-0.05, 0) is 35.9 Å². The van der Waals surface area contributed by atoms with Crippen LogP contribution in [0.2, 0.25) is 5.02 Å². The third kappa shape index (κ3) is 2.73. The van der Waals surface area contributed by atoms with Crippen LogP contribution in [-0.4, -0.2) is 4.98 Å². The van der Waals surface area contributed by atoms with Crippen molar-refractivity contribution in [1.82, 2.24) is 4.98 Å². The number of anilines is 1. The molecule has 0 bridgehead atoms. The van der Waals surface area contributed by atoms with Crippen LogP contribution in [0.3, 0.4) is 0 Å². The van der Waals surface area contributed by atoms with Crippen molar-refractivity contribution in [1.29, 1.82) is 0 Å². The molecule has 0 fully saturated rings. The third-order valence-electron chi connectivity index (χ3n) is 3.04. The van der Waals surface area contributed by atoms with Gasteiger partial charge in [-0.3, -0.25) is 4.98 Å². The fraction of sp³-hybridized carbons (Fsp3) is 0.0625. The number of benzene rings is 2. The van der Waals surface area contributed by atoms with E-state index in [0.29, 0.717) is 11.6 Å². The molecule has 2 nitrogen and oxygen atoms in total. The second-order valence-corrected chi connectivity index (χ2v) is 4.95. The van der Waals surface area contributed by atoms with Crippen LogP contribution in [0, 0.1) is 5.82 Å². The van der Waals surface area contributed by atoms with Gasteiger partial charge in [-0.25, -0.2) is 4.39 Å². The van der Waals surface area contributed by atoms with Gasteiger partial charge >= 0.3 is 0 Å². The Balaban J connectivity index is 1.87. The van der Waals surface area contributed by atoms with Gasteiger partial charge in [0.2, 0.25) is 0 Å². The Labute approximate surface area is 121 Å². The first kappa shape index (κ1) is 12.9. The summed E-state index contributed by atoms with van der Waals surface area (Å²) in [4.78, 5) is 4.37. The lowest BCUT2D eigenvalue weighted by Crippen LogP contribution is -2.01. The van der Waals surface area contributed by atoms with Crippen molar-refractivity contribution in [3.05, 3.63) is 71.1 Å². The molecule has 0 radical (unpaired) electrons. The van der Waals surface area contributed by atoms with Crippen molar-refractivity contribution in [2.24, 2.45) is 0 Å². The Kier molecular flexibility index (Phi) is 3.52. The van der Waals surface area contributed by atoms with Crippen LogP contribution in [0.4, 0.5) is 10.1 Å². The SMILES string of the molecule is Fc1cc(Cl)cc(CNc2cccc3cccnc23)c1. The van der Waals surface area contributed by atoms with Crippen molar-refractivity contribution in [3.8, 4) is 0 Å². The van der Waals surface area contributed by atoms with E-state index in [2.05, 4.69) is 10.3 Å². The van der Waals surface area contributed by atoms with Gasteiger partial charge in [0.25, 0.3) is 0 Å². The zero-order valence-electron chi connectivity index (χ0n) is 10.6. The summed E-state index contributed by atoms with van der Waals surface area (Å²) >= 11 is 5.85. The molecule has 0 amide bonds. The van der Waals surface area contributed by atoms with Crippen molar-refractivity contribution in [2.75, 3.05) is 5.32 Å². The maximum atomic E-state index is 13.3. The number of hydrogen-bond donors (Lipinski definition) is 1. The van der Waals surface area contributed by atoms with Gasteiger partial charge in [-0.1, -0.05) is 29.8 Å². The molecule has 100 valence electrons. The van der Waals surface area contributed by atoms with Gasteiger partial charge in [0.15, 0.2) is 0 Å². The summed E-state index contributed by atoms with van der Waals surface area (Å²) in [5.41, 5.74) is 2.61. The van der Waals surface area contributed by atoms with Crippen LogP contribution >= 0.6 is 11.6 Å². The summed E-state index contributed by atoms with van der Waals surface area (Å²) in [5.74, 6) is -0.328. The number of rotatable bonds is 3. The van der Waals surface area contributed by atoms with Crippen LogP contribution in [-0.2, 0) is 6.54 Å². The molecule has 3 aromatic rings. The number of halogens is 2. The van der Waals surface area contributed by atoms with Crippen LogP contribution in [0.25, 0.3) is 10.9 Å².